The minimum absolute atomic E-state index is 0.0727. The quantitative estimate of drug-likeness (QED) is 0.516. The summed E-state index contributed by atoms with van der Waals surface area (Å²) in [6.07, 6.45) is 3.53. The summed E-state index contributed by atoms with van der Waals surface area (Å²) in [4.78, 5) is 29.0. The number of methoxy groups -OCH3 is 1. The van der Waals surface area contributed by atoms with Gasteiger partial charge < -0.3 is 14.5 Å². The molecule has 0 atom stereocenters. The van der Waals surface area contributed by atoms with Crippen LogP contribution in [-0.4, -0.2) is 30.0 Å². The van der Waals surface area contributed by atoms with E-state index in [2.05, 4.69) is 10.3 Å². The van der Waals surface area contributed by atoms with Crippen molar-refractivity contribution in [1.29, 1.82) is 0 Å². The van der Waals surface area contributed by atoms with Gasteiger partial charge in [-0.25, -0.2) is 9.78 Å². The molecule has 1 aromatic carbocycles. The summed E-state index contributed by atoms with van der Waals surface area (Å²) in [6, 6.07) is 11.4. The molecule has 0 spiro atoms. The molecule has 1 aliphatic rings. The number of carbonyl (C=O) groups is 2. The summed E-state index contributed by atoms with van der Waals surface area (Å²) in [5, 5.41) is 4.59. The van der Waals surface area contributed by atoms with E-state index in [4.69, 9.17) is 9.15 Å². The normalized spacial score (nSPS) is 13.5. The van der Waals surface area contributed by atoms with Gasteiger partial charge in [-0.2, -0.15) is 0 Å². The van der Waals surface area contributed by atoms with E-state index in [1.165, 1.54) is 25.1 Å². The number of pyridine rings is 1. The van der Waals surface area contributed by atoms with Crippen LogP contribution in [0.3, 0.4) is 0 Å². The molecule has 138 valence electrons. The molecule has 2 heterocycles. The number of benzene rings is 1. The number of hydrogen-bond donors (Lipinski definition) is 1. The number of aromatic nitrogens is 1. The van der Waals surface area contributed by atoms with Crippen molar-refractivity contribution in [3.63, 3.8) is 0 Å². The Morgan fingerprint density at radius 3 is 2.89 bits per heavy atom. The number of fused-ring (bicyclic) bond motifs is 1. The van der Waals surface area contributed by atoms with Gasteiger partial charge in [0.15, 0.2) is 0 Å². The van der Waals surface area contributed by atoms with E-state index in [-0.39, 0.29) is 17.7 Å². The Morgan fingerprint density at radius 1 is 1.30 bits per heavy atom. The van der Waals surface area contributed by atoms with E-state index < -0.39 is 5.97 Å². The third kappa shape index (κ3) is 3.83. The van der Waals surface area contributed by atoms with Gasteiger partial charge in [0.25, 0.3) is 5.91 Å². The fraction of sp³-hybridized carbons (Fsp3) is 0.250. The lowest BCUT2D eigenvalue weighted by Gasteiger charge is -2.10. The van der Waals surface area contributed by atoms with Crippen LogP contribution < -0.4 is 5.32 Å². The van der Waals surface area contributed by atoms with Gasteiger partial charge in [-0.15, -0.1) is 11.8 Å². The molecule has 0 aliphatic heterocycles. The van der Waals surface area contributed by atoms with Gasteiger partial charge in [0.2, 0.25) is 5.76 Å². The zero-order chi connectivity index (χ0) is 18.8. The lowest BCUT2D eigenvalue weighted by molar-refractivity contribution is 0.0563. The van der Waals surface area contributed by atoms with Gasteiger partial charge in [-0.05, 0) is 31.0 Å². The molecule has 1 saturated carbocycles. The predicted molar refractivity (Wildman–Crippen MR) is 102 cm³/mol. The van der Waals surface area contributed by atoms with Crippen molar-refractivity contribution in [2.24, 2.45) is 0 Å². The number of carbonyl (C=O) groups excluding carboxylic acids is 2. The van der Waals surface area contributed by atoms with Crippen LogP contribution in [0, 0.1) is 0 Å². The van der Waals surface area contributed by atoms with Crippen LogP contribution in [0.1, 0.15) is 39.3 Å². The van der Waals surface area contributed by atoms with Crippen LogP contribution in [0.5, 0.6) is 0 Å². The van der Waals surface area contributed by atoms with Gasteiger partial charge in [0, 0.05) is 22.7 Å². The Kier molecular flexibility index (Phi) is 4.85. The average molecular weight is 382 g/mol. The van der Waals surface area contributed by atoms with Crippen molar-refractivity contribution in [3.8, 4) is 0 Å². The second-order valence-electron chi connectivity index (χ2n) is 6.33. The molecule has 0 unspecified atom stereocenters. The Hall–Kier alpha value is -2.80. The van der Waals surface area contributed by atoms with Crippen LogP contribution in [0.25, 0.3) is 10.9 Å². The van der Waals surface area contributed by atoms with E-state index in [1.807, 2.05) is 30.3 Å². The number of ether oxygens (including phenoxy) is 1. The Balaban J connectivity index is 1.61. The first-order valence-electron chi connectivity index (χ1n) is 8.64. The minimum atomic E-state index is -0.508. The smallest absolute Gasteiger partial charge is 0.374 e. The number of rotatable bonds is 6. The van der Waals surface area contributed by atoms with Crippen LogP contribution in [0.4, 0.5) is 0 Å². The summed E-state index contributed by atoms with van der Waals surface area (Å²) in [5.41, 5.74) is 2.12. The third-order valence-electron chi connectivity index (χ3n) is 4.34. The fourth-order valence-corrected chi connectivity index (χ4v) is 3.67. The summed E-state index contributed by atoms with van der Waals surface area (Å²) in [7, 11) is 1.32. The molecule has 1 N–H and O–H groups in total. The maximum absolute atomic E-state index is 12.7. The predicted octanol–water partition coefficient (Wildman–Crippen LogP) is 3.80. The summed E-state index contributed by atoms with van der Waals surface area (Å²) in [5.74, 6) is 0.0937. The maximum Gasteiger partial charge on any atom is 0.374 e. The molecule has 4 rings (SSSR count). The molecule has 2 aromatic heterocycles. The van der Waals surface area contributed by atoms with E-state index >= 15 is 0 Å². The highest BCUT2D eigenvalue weighted by Gasteiger charge is 2.25. The fourth-order valence-electron chi connectivity index (χ4n) is 2.78. The van der Waals surface area contributed by atoms with Crippen molar-refractivity contribution in [2.45, 2.75) is 29.7 Å². The molecule has 27 heavy (non-hydrogen) atoms. The SMILES string of the molecule is COC(=O)c1occc1CSc1cc(C(=O)NC2CC2)c2ccccc2n1. The largest absolute Gasteiger partial charge is 0.463 e. The first kappa shape index (κ1) is 17.6. The first-order valence-corrected chi connectivity index (χ1v) is 9.62. The van der Waals surface area contributed by atoms with Crippen molar-refractivity contribution in [2.75, 3.05) is 7.11 Å². The second-order valence-corrected chi connectivity index (χ2v) is 7.32. The van der Waals surface area contributed by atoms with Crippen molar-refractivity contribution < 1.29 is 18.7 Å². The molecule has 1 amide bonds. The molecule has 0 radical (unpaired) electrons. The molecule has 0 saturated heterocycles. The number of amides is 1. The summed E-state index contributed by atoms with van der Waals surface area (Å²) in [6.45, 7) is 0. The molecule has 1 aliphatic carbocycles. The van der Waals surface area contributed by atoms with Gasteiger partial charge in [0.05, 0.1) is 29.5 Å². The number of thioether (sulfide) groups is 1. The van der Waals surface area contributed by atoms with Crippen LogP contribution >= 0.6 is 11.8 Å². The van der Waals surface area contributed by atoms with Crippen molar-refractivity contribution >= 4 is 34.5 Å². The third-order valence-corrected chi connectivity index (χ3v) is 5.30. The van der Waals surface area contributed by atoms with Crippen LogP contribution in [0.2, 0.25) is 0 Å². The van der Waals surface area contributed by atoms with Crippen LogP contribution in [-0.2, 0) is 10.5 Å². The highest BCUT2D eigenvalue weighted by atomic mass is 32.2. The molecule has 6 nitrogen and oxygen atoms in total. The van der Waals surface area contributed by atoms with E-state index in [0.717, 1.165) is 29.3 Å². The Morgan fingerprint density at radius 2 is 2.11 bits per heavy atom. The monoisotopic (exact) mass is 382 g/mol. The molecule has 0 bridgehead atoms. The first-order chi connectivity index (χ1) is 13.2. The Bertz CT molecular complexity index is 1010. The van der Waals surface area contributed by atoms with E-state index in [0.29, 0.717) is 16.3 Å². The summed E-state index contributed by atoms with van der Waals surface area (Å²) >= 11 is 1.44. The maximum atomic E-state index is 12.7. The second kappa shape index (κ2) is 7.44. The lowest BCUT2D eigenvalue weighted by atomic mass is 10.1. The van der Waals surface area contributed by atoms with E-state index in [9.17, 15) is 9.59 Å². The molecular formula is C20H18N2O4S. The average Bonchev–Trinajstić information content (AvgIpc) is 3.38. The number of furan rings is 1. The molecule has 3 aromatic rings. The molecular weight excluding hydrogens is 364 g/mol. The number of para-hydroxylation sites is 1. The van der Waals surface area contributed by atoms with Gasteiger partial charge in [0.1, 0.15) is 0 Å². The topological polar surface area (TPSA) is 81.4 Å². The number of nitrogens with one attached hydrogen (secondary N) is 1. The minimum Gasteiger partial charge on any atom is -0.463 e. The summed E-state index contributed by atoms with van der Waals surface area (Å²) < 4.78 is 9.94. The zero-order valence-electron chi connectivity index (χ0n) is 14.7. The Labute approximate surface area is 160 Å². The van der Waals surface area contributed by atoms with Gasteiger partial charge in [-0.3, -0.25) is 4.79 Å². The van der Waals surface area contributed by atoms with Gasteiger partial charge >= 0.3 is 5.97 Å². The molecule has 7 heteroatoms. The number of nitrogens with zero attached hydrogens (tertiary/aromatic N) is 1. The van der Waals surface area contributed by atoms with E-state index in [1.54, 1.807) is 6.07 Å². The molecule has 1 fully saturated rings. The van der Waals surface area contributed by atoms with Crippen molar-refractivity contribution in [3.05, 3.63) is 59.5 Å². The van der Waals surface area contributed by atoms with Gasteiger partial charge in [-0.1, -0.05) is 18.2 Å². The highest BCUT2D eigenvalue weighted by molar-refractivity contribution is 7.98. The number of hydrogen-bond acceptors (Lipinski definition) is 6. The number of esters is 1. The zero-order valence-corrected chi connectivity index (χ0v) is 15.5. The van der Waals surface area contributed by atoms with Crippen LogP contribution in [0.15, 0.2) is 52.1 Å². The standard InChI is InChI=1S/C20H18N2O4S/c1-25-20(24)18-12(8-9-26-18)11-27-17-10-15(19(23)21-13-6-7-13)14-4-2-3-5-16(14)22-17/h2-5,8-10,13H,6-7,11H2,1H3,(H,21,23). The lowest BCUT2D eigenvalue weighted by Crippen LogP contribution is -2.25. The van der Waals surface area contributed by atoms with Crippen molar-refractivity contribution in [1.82, 2.24) is 10.3 Å². The highest BCUT2D eigenvalue weighted by Crippen LogP contribution is 2.29.